The Hall–Kier alpha value is -3.28. The lowest BCUT2D eigenvalue weighted by Crippen LogP contribution is -2.06. The molecule has 3 rings (SSSR count). The van der Waals surface area contributed by atoms with Crippen LogP contribution in [0.2, 0.25) is 0 Å². The third-order valence-corrected chi connectivity index (χ3v) is 3.29. The summed E-state index contributed by atoms with van der Waals surface area (Å²) >= 11 is 0. The number of aryl methyl sites for hydroxylation is 1. The smallest absolute Gasteiger partial charge is 0.271 e. The standard InChI is InChI=1S/C17H12N2O4/c1-11-5-7-12(8-6-11)16-10-15(20)17(23-16)18-13-3-2-4-14(9-13)19(21)22/h2-10H,1H3. The van der Waals surface area contributed by atoms with E-state index >= 15 is 0 Å². The molecule has 0 aliphatic carbocycles. The summed E-state index contributed by atoms with van der Waals surface area (Å²) in [6.07, 6.45) is 1.36. The summed E-state index contributed by atoms with van der Waals surface area (Å²) < 4.78 is 5.50. The van der Waals surface area contributed by atoms with Crippen molar-refractivity contribution in [1.82, 2.24) is 0 Å². The van der Waals surface area contributed by atoms with Crippen LogP contribution in [-0.2, 0) is 9.53 Å². The van der Waals surface area contributed by atoms with Crippen molar-refractivity contribution in [2.24, 2.45) is 4.99 Å². The molecule has 0 spiro atoms. The van der Waals surface area contributed by atoms with Crippen LogP contribution in [-0.4, -0.2) is 16.6 Å². The fraction of sp³-hybridized carbons (Fsp3) is 0.0588. The monoisotopic (exact) mass is 308 g/mol. The van der Waals surface area contributed by atoms with Gasteiger partial charge in [0.25, 0.3) is 11.6 Å². The van der Waals surface area contributed by atoms with Crippen LogP contribution in [0.5, 0.6) is 0 Å². The van der Waals surface area contributed by atoms with Crippen molar-refractivity contribution < 1.29 is 14.5 Å². The van der Waals surface area contributed by atoms with Crippen LogP contribution in [0.1, 0.15) is 11.1 Å². The number of non-ortho nitro benzene ring substituents is 1. The molecule has 1 heterocycles. The quantitative estimate of drug-likeness (QED) is 0.641. The lowest BCUT2D eigenvalue weighted by molar-refractivity contribution is -0.384. The van der Waals surface area contributed by atoms with Crippen molar-refractivity contribution in [2.75, 3.05) is 0 Å². The molecule has 0 bridgehead atoms. The highest BCUT2D eigenvalue weighted by Crippen LogP contribution is 2.25. The van der Waals surface area contributed by atoms with E-state index in [1.807, 2.05) is 31.2 Å². The highest BCUT2D eigenvalue weighted by molar-refractivity contribution is 6.45. The number of carbonyl (C=O) groups excluding carboxylic acids is 1. The summed E-state index contributed by atoms with van der Waals surface area (Å²) in [5.74, 6) is -0.0488. The van der Waals surface area contributed by atoms with E-state index in [1.54, 1.807) is 6.07 Å². The first-order chi connectivity index (χ1) is 11.0. The van der Waals surface area contributed by atoms with Crippen LogP contribution in [0.25, 0.3) is 5.76 Å². The van der Waals surface area contributed by atoms with E-state index < -0.39 is 4.92 Å². The molecule has 2 aromatic rings. The predicted molar refractivity (Wildman–Crippen MR) is 85.4 cm³/mol. The second kappa shape index (κ2) is 5.84. The summed E-state index contributed by atoms with van der Waals surface area (Å²) in [7, 11) is 0. The number of nitro groups is 1. The van der Waals surface area contributed by atoms with E-state index in [2.05, 4.69) is 4.99 Å². The average Bonchev–Trinajstić information content (AvgIpc) is 2.89. The van der Waals surface area contributed by atoms with Crippen LogP contribution < -0.4 is 0 Å². The molecule has 0 radical (unpaired) electrons. The zero-order valence-electron chi connectivity index (χ0n) is 12.2. The number of aliphatic imine (C=N–C) groups is 1. The fourth-order valence-corrected chi connectivity index (χ4v) is 2.10. The van der Waals surface area contributed by atoms with Gasteiger partial charge in [0.1, 0.15) is 5.76 Å². The van der Waals surface area contributed by atoms with Crippen molar-refractivity contribution in [3.05, 3.63) is 75.8 Å². The van der Waals surface area contributed by atoms with Crippen LogP contribution in [0.3, 0.4) is 0 Å². The van der Waals surface area contributed by atoms with Gasteiger partial charge in [-0.25, -0.2) is 4.99 Å². The number of hydrogen-bond acceptors (Lipinski definition) is 5. The van der Waals surface area contributed by atoms with Crippen molar-refractivity contribution in [3.8, 4) is 0 Å². The Morgan fingerprint density at radius 2 is 1.87 bits per heavy atom. The Morgan fingerprint density at radius 3 is 2.57 bits per heavy atom. The van der Waals surface area contributed by atoms with Gasteiger partial charge in [-0.3, -0.25) is 14.9 Å². The number of nitro benzene ring substituents is 1. The fourth-order valence-electron chi connectivity index (χ4n) is 2.10. The highest BCUT2D eigenvalue weighted by Gasteiger charge is 2.23. The number of nitrogens with zero attached hydrogens (tertiary/aromatic N) is 2. The van der Waals surface area contributed by atoms with Crippen LogP contribution in [0.15, 0.2) is 59.6 Å². The zero-order chi connectivity index (χ0) is 16.4. The van der Waals surface area contributed by atoms with Gasteiger partial charge in [-0.2, -0.15) is 0 Å². The molecule has 1 aliphatic rings. The molecule has 0 fully saturated rings. The number of benzene rings is 2. The molecule has 6 nitrogen and oxygen atoms in total. The van der Waals surface area contributed by atoms with Crippen molar-refractivity contribution in [2.45, 2.75) is 6.92 Å². The van der Waals surface area contributed by atoms with E-state index in [0.717, 1.165) is 11.1 Å². The maximum absolute atomic E-state index is 12.0. The molecular weight excluding hydrogens is 296 g/mol. The lowest BCUT2D eigenvalue weighted by Gasteiger charge is -2.04. The van der Waals surface area contributed by atoms with Gasteiger partial charge in [-0.15, -0.1) is 0 Å². The molecule has 0 unspecified atom stereocenters. The molecule has 2 aromatic carbocycles. The third-order valence-electron chi connectivity index (χ3n) is 3.29. The Balaban J connectivity index is 1.86. The van der Waals surface area contributed by atoms with Gasteiger partial charge in [0.2, 0.25) is 5.78 Å². The molecule has 0 saturated heterocycles. The largest absolute Gasteiger partial charge is 0.435 e. The van der Waals surface area contributed by atoms with Gasteiger partial charge >= 0.3 is 0 Å². The second-order valence-corrected chi connectivity index (χ2v) is 5.03. The van der Waals surface area contributed by atoms with Crippen LogP contribution in [0.4, 0.5) is 11.4 Å². The lowest BCUT2D eigenvalue weighted by atomic mass is 10.1. The number of rotatable bonds is 3. The summed E-state index contributed by atoms with van der Waals surface area (Å²) in [5, 5.41) is 10.8. The molecule has 0 N–H and O–H groups in total. The number of carbonyl (C=O) groups is 1. The third kappa shape index (κ3) is 3.16. The molecule has 1 aliphatic heterocycles. The topological polar surface area (TPSA) is 81.8 Å². The van der Waals surface area contributed by atoms with Crippen molar-refractivity contribution >= 4 is 28.8 Å². The van der Waals surface area contributed by atoms with E-state index in [9.17, 15) is 14.9 Å². The van der Waals surface area contributed by atoms with E-state index in [4.69, 9.17) is 4.74 Å². The maximum atomic E-state index is 12.0. The number of ketones is 1. The summed E-state index contributed by atoms with van der Waals surface area (Å²) in [4.78, 5) is 26.3. The first kappa shape index (κ1) is 14.6. The number of ether oxygens (including phenoxy) is 1. The maximum Gasteiger partial charge on any atom is 0.271 e. The Bertz CT molecular complexity index is 851. The molecule has 0 atom stereocenters. The average molecular weight is 308 g/mol. The molecule has 23 heavy (non-hydrogen) atoms. The minimum Gasteiger partial charge on any atom is -0.435 e. The predicted octanol–water partition coefficient (Wildman–Crippen LogP) is 3.57. The van der Waals surface area contributed by atoms with Gasteiger partial charge in [0, 0.05) is 23.8 Å². The van der Waals surface area contributed by atoms with Gasteiger partial charge in [0.05, 0.1) is 10.6 Å². The first-order valence-corrected chi connectivity index (χ1v) is 6.87. The zero-order valence-corrected chi connectivity index (χ0v) is 12.2. The molecule has 0 aromatic heterocycles. The molecule has 6 heteroatoms. The Kier molecular flexibility index (Phi) is 3.72. The number of hydrogen-bond donors (Lipinski definition) is 0. The second-order valence-electron chi connectivity index (χ2n) is 5.03. The van der Waals surface area contributed by atoms with E-state index in [1.165, 1.54) is 24.3 Å². The van der Waals surface area contributed by atoms with Gasteiger partial charge in [0.15, 0.2) is 0 Å². The Morgan fingerprint density at radius 1 is 1.13 bits per heavy atom. The minimum atomic E-state index is -0.517. The van der Waals surface area contributed by atoms with Gasteiger partial charge in [-0.1, -0.05) is 35.9 Å². The normalized spacial score (nSPS) is 15.4. The molecule has 0 saturated carbocycles. The summed E-state index contributed by atoms with van der Waals surface area (Å²) in [5.41, 5.74) is 2.07. The minimum absolute atomic E-state index is 0.0935. The van der Waals surface area contributed by atoms with Gasteiger partial charge < -0.3 is 4.74 Å². The van der Waals surface area contributed by atoms with E-state index in [-0.39, 0.29) is 17.4 Å². The molecular formula is C17H12N2O4. The molecule has 114 valence electrons. The summed E-state index contributed by atoms with van der Waals surface area (Å²) in [6, 6.07) is 13.3. The highest BCUT2D eigenvalue weighted by atomic mass is 16.6. The summed E-state index contributed by atoms with van der Waals surface area (Å²) in [6.45, 7) is 1.97. The van der Waals surface area contributed by atoms with Crippen molar-refractivity contribution in [3.63, 3.8) is 0 Å². The first-order valence-electron chi connectivity index (χ1n) is 6.87. The van der Waals surface area contributed by atoms with Gasteiger partial charge in [-0.05, 0) is 13.0 Å². The van der Waals surface area contributed by atoms with Crippen LogP contribution in [0, 0.1) is 17.0 Å². The molecule has 0 amide bonds. The van der Waals surface area contributed by atoms with E-state index in [0.29, 0.717) is 11.4 Å². The van der Waals surface area contributed by atoms with Crippen molar-refractivity contribution in [1.29, 1.82) is 0 Å². The van der Waals surface area contributed by atoms with Crippen LogP contribution >= 0.6 is 0 Å². The Labute approximate surface area is 131 Å². The SMILES string of the molecule is Cc1ccc(C2=CC(=O)C(=Nc3cccc([N+](=O)[O-])c3)O2)cc1.